The van der Waals surface area contributed by atoms with Crippen LogP contribution in [0.5, 0.6) is 0 Å². The Balaban J connectivity index is 1.70. The summed E-state index contributed by atoms with van der Waals surface area (Å²) in [6.07, 6.45) is 2.82. The Morgan fingerprint density at radius 2 is 2.27 bits per heavy atom. The minimum atomic E-state index is -3.25. The van der Waals surface area contributed by atoms with Gasteiger partial charge in [-0.15, -0.1) is 0 Å². The molecule has 0 unspecified atom stereocenters. The maximum absolute atomic E-state index is 12.2. The molecular formula is C15H20N2O4S. The van der Waals surface area contributed by atoms with Crippen LogP contribution in [-0.4, -0.2) is 46.9 Å². The first kappa shape index (κ1) is 15.3. The van der Waals surface area contributed by atoms with Crippen molar-refractivity contribution in [2.45, 2.75) is 12.8 Å². The molecule has 2 aliphatic heterocycles. The van der Waals surface area contributed by atoms with E-state index < -0.39 is 10.0 Å². The molecule has 1 atom stereocenters. The number of anilines is 1. The molecule has 0 saturated carbocycles. The van der Waals surface area contributed by atoms with E-state index in [4.69, 9.17) is 4.74 Å². The molecule has 22 heavy (non-hydrogen) atoms. The molecule has 0 aliphatic carbocycles. The first-order valence-corrected chi connectivity index (χ1v) is 9.26. The standard InChI is InChI=1S/C15H20N2O4S/c1-22(19,20)17-6-4-12-8-13(2-3-14(12)17)15(18)16-9-11-5-7-21-10-11/h2-3,8,11H,4-7,9-10H2,1H3,(H,16,18)/t11-/m1/s1. The van der Waals surface area contributed by atoms with Gasteiger partial charge >= 0.3 is 0 Å². The monoisotopic (exact) mass is 324 g/mol. The van der Waals surface area contributed by atoms with Crippen molar-refractivity contribution in [1.29, 1.82) is 0 Å². The van der Waals surface area contributed by atoms with Gasteiger partial charge in [0.15, 0.2) is 0 Å². The Morgan fingerprint density at radius 1 is 1.45 bits per heavy atom. The molecule has 6 nitrogen and oxygen atoms in total. The molecule has 1 saturated heterocycles. The lowest BCUT2D eigenvalue weighted by atomic mass is 10.1. The summed E-state index contributed by atoms with van der Waals surface area (Å²) in [4.78, 5) is 12.2. The van der Waals surface area contributed by atoms with Gasteiger partial charge in [-0.3, -0.25) is 9.10 Å². The van der Waals surface area contributed by atoms with E-state index in [1.54, 1.807) is 18.2 Å². The zero-order chi connectivity index (χ0) is 15.7. The molecule has 1 aromatic rings. The van der Waals surface area contributed by atoms with Gasteiger partial charge in [-0.2, -0.15) is 0 Å². The molecule has 1 N–H and O–H groups in total. The zero-order valence-electron chi connectivity index (χ0n) is 12.5. The molecular weight excluding hydrogens is 304 g/mol. The second kappa shape index (κ2) is 5.89. The molecule has 1 fully saturated rings. The second-order valence-corrected chi connectivity index (χ2v) is 7.78. The van der Waals surface area contributed by atoms with E-state index in [2.05, 4.69) is 5.32 Å². The predicted octanol–water partition coefficient (Wildman–Crippen LogP) is 0.775. The van der Waals surface area contributed by atoms with Crippen molar-refractivity contribution in [3.8, 4) is 0 Å². The molecule has 3 rings (SSSR count). The number of fused-ring (bicyclic) bond motifs is 1. The van der Waals surface area contributed by atoms with Crippen LogP contribution in [0.3, 0.4) is 0 Å². The van der Waals surface area contributed by atoms with E-state index >= 15 is 0 Å². The fourth-order valence-electron chi connectivity index (χ4n) is 2.94. The molecule has 1 amide bonds. The van der Waals surface area contributed by atoms with Crippen molar-refractivity contribution in [2.24, 2.45) is 5.92 Å². The smallest absolute Gasteiger partial charge is 0.251 e. The largest absolute Gasteiger partial charge is 0.381 e. The van der Waals surface area contributed by atoms with E-state index in [1.807, 2.05) is 0 Å². The van der Waals surface area contributed by atoms with E-state index in [0.717, 1.165) is 18.6 Å². The summed E-state index contributed by atoms with van der Waals surface area (Å²) in [6.45, 7) is 2.53. The number of carbonyl (C=O) groups is 1. The van der Waals surface area contributed by atoms with Crippen molar-refractivity contribution < 1.29 is 17.9 Å². The Bertz CT molecular complexity index is 681. The average Bonchev–Trinajstić information content (AvgIpc) is 3.12. The highest BCUT2D eigenvalue weighted by Gasteiger charge is 2.26. The topological polar surface area (TPSA) is 75.7 Å². The number of hydrogen-bond acceptors (Lipinski definition) is 4. The number of nitrogens with zero attached hydrogens (tertiary/aromatic N) is 1. The number of amides is 1. The predicted molar refractivity (Wildman–Crippen MR) is 83.6 cm³/mol. The minimum Gasteiger partial charge on any atom is -0.381 e. The lowest BCUT2D eigenvalue weighted by molar-refractivity contribution is 0.0945. The highest BCUT2D eigenvalue weighted by atomic mass is 32.2. The van der Waals surface area contributed by atoms with Crippen molar-refractivity contribution >= 4 is 21.6 Å². The van der Waals surface area contributed by atoms with Gasteiger partial charge in [-0.05, 0) is 36.6 Å². The van der Waals surface area contributed by atoms with Crippen LogP contribution in [0.2, 0.25) is 0 Å². The number of sulfonamides is 1. The quantitative estimate of drug-likeness (QED) is 0.888. The Hall–Kier alpha value is -1.60. The van der Waals surface area contributed by atoms with Gasteiger partial charge in [-0.25, -0.2) is 8.42 Å². The zero-order valence-corrected chi connectivity index (χ0v) is 13.4. The van der Waals surface area contributed by atoms with E-state index in [9.17, 15) is 13.2 Å². The SMILES string of the molecule is CS(=O)(=O)N1CCc2cc(C(=O)NC[C@H]3CCOC3)ccc21. The molecule has 0 radical (unpaired) electrons. The van der Waals surface area contributed by atoms with E-state index in [1.165, 1.54) is 10.6 Å². The van der Waals surface area contributed by atoms with Gasteiger partial charge in [0.1, 0.15) is 0 Å². The second-order valence-electron chi connectivity index (χ2n) is 5.87. The summed E-state index contributed by atoms with van der Waals surface area (Å²) in [5.74, 6) is 0.270. The minimum absolute atomic E-state index is 0.118. The third-order valence-electron chi connectivity index (χ3n) is 4.17. The van der Waals surface area contributed by atoms with Crippen LogP contribution in [0.25, 0.3) is 0 Å². The summed E-state index contributed by atoms with van der Waals surface area (Å²) in [6, 6.07) is 5.20. The van der Waals surface area contributed by atoms with Crippen molar-refractivity contribution in [3.05, 3.63) is 29.3 Å². The van der Waals surface area contributed by atoms with Crippen LogP contribution in [0.4, 0.5) is 5.69 Å². The first-order valence-electron chi connectivity index (χ1n) is 7.42. The Labute approximate surface area is 130 Å². The maximum Gasteiger partial charge on any atom is 0.251 e. The molecule has 1 aromatic carbocycles. The molecule has 2 heterocycles. The van der Waals surface area contributed by atoms with Crippen molar-refractivity contribution in [2.75, 3.05) is 36.9 Å². The Kier molecular flexibility index (Phi) is 4.10. The summed E-state index contributed by atoms with van der Waals surface area (Å²) in [5, 5.41) is 2.92. The highest BCUT2D eigenvalue weighted by molar-refractivity contribution is 7.92. The van der Waals surface area contributed by atoms with Gasteiger partial charge in [0, 0.05) is 31.2 Å². The number of carbonyl (C=O) groups excluding carboxylic acids is 1. The van der Waals surface area contributed by atoms with Crippen LogP contribution in [0.1, 0.15) is 22.3 Å². The first-order chi connectivity index (χ1) is 10.4. The van der Waals surface area contributed by atoms with E-state index in [0.29, 0.717) is 43.3 Å². The van der Waals surface area contributed by atoms with Gasteiger partial charge in [0.2, 0.25) is 10.0 Å². The maximum atomic E-state index is 12.2. The van der Waals surface area contributed by atoms with Crippen molar-refractivity contribution in [3.63, 3.8) is 0 Å². The fraction of sp³-hybridized carbons (Fsp3) is 0.533. The number of rotatable bonds is 4. The van der Waals surface area contributed by atoms with Gasteiger partial charge in [-0.1, -0.05) is 0 Å². The lowest BCUT2D eigenvalue weighted by Gasteiger charge is -2.16. The highest BCUT2D eigenvalue weighted by Crippen LogP contribution is 2.30. The van der Waals surface area contributed by atoms with Crippen LogP contribution in [0, 0.1) is 5.92 Å². The summed E-state index contributed by atoms with van der Waals surface area (Å²) < 4.78 is 30.1. The number of ether oxygens (including phenoxy) is 1. The molecule has 7 heteroatoms. The summed E-state index contributed by atoms with van der Waals surface area (Å²) in [7, 11) is -3.25. The van der Waals surface area contributed by atoms with Crippen molar-refractivity contribution in [1.82, 2.24) is 5.32 Å². The Morgan fingerprint density at radius 3 is 2.95 bits per heavy atom. The number of benzene rings is 1. The molecule has 120 valence electrons. The van der Waals surface area contributed by atoms with Crippen LogP contribution in [-0.2, 0) is 21.2 Å². The number of hydrogen-bond donors (Lipinski definition) is 1. The molecule has 0 bridgehead atoms. The third kappa shape index (κ3) is 3.10. The third-order valence-corrected chi connectivity index (χ3v) is 5.35. The average molecular weight is 324 g/mol. The molecule has 0 spiro atoms. The van der Waals surface area contributed by atoms with Gasteiger partial charge in [0.05, 0.1) is 18.6 Å². The van der Waals surface area contributed by atoms with Gasteiger partial charge in [0.25, 0.3) is 5.91 Å². The lowest BCUT2D eigenvalue weighted by Crippen LogP contribution is -2.29. The van der Waals surface area contributed by atoms with Gasteiger partial charge < -0.3 is 10.1 Å². The molecule has 0 aromatic heterocycles. The fourth-order valence-corrected chi connectivity index (χ4v) is 3.90. The molecule has 2 aliphatic rings. The van der Waals surface area contributed by atoms with E-state index in [-0.39, 0.29) is 5.91 Å². The van der Waals surface area contributed by atoms with Crippen LogP contribution >= 0.6 is 0 Å². The van der Waals surface area contributed by atoms with Crippen LogP contribution in [0.15, 0.2) is 18.2 Å². The summed E-state index contributed by atoms with van der Waals surface area (Å²) >= 11 is 0. The number of nitrogens with one attached hydrogen (secondary N) is 1. The van der Waals surface area contributed by atoms with Crippen LogP contribution < -0.4 is 9.62 Å². The summed E-state index contributed by atoms with van der Waals surface area (Å²) in [5.41, 5.74) is 2.17. The normalized spacial score (nSPS) is 21.0.